The topological polar surface area (TPSA) is 69.2 Å². The summed E-state index contributed by atoms with van der Waals surface area (Å²) in [6, 6.07) is 4.56. The fourth-order valence-electron chi connectivity index (χ4n) is 3.11. The number of hydrogen-bond donors (Lipinski definition) is 2. The van der Waals surface area contributed by atoms with Crippen molar-refractivity contribution in [3.05, 3.63) is 24.0 Å². The molecule has 5 heteroatoms. The van der Waals surface area contributed by atoms with E-state index in [1.807, 2.05) is 18.3 Å². The van der Waals surface area contributed by atoms with Gasteiger partial charge in [0.05, 0.1) is 11.9 Å². The van der Waals surface area contributed by atoms with Crippen LogP contribution in [0, 0.1) is 5.41 Å². The molecule has 3 N–H and O–H groups in total. The van der Waals surface area contributed by atoms with Gasteiger partial charge in [0.1, 0.15) is 11.5 Å². The van der Waals surface area contributed by atoms with E-state index in [9.17, 15) is 0 Å². The van der Waals surface area contributed by atoms with E-state index in [1.165, 1.54) is 32.4 Å². The van der Waals surface area contributed by atoms with Gasteiger partial charge in [0.2, 0.25) is 0 Å². The average molecular weight is 259 g/mol. The van der Waals surface area contributed by atoms with Crippen LogP contribution in [0.5, 0.6) is 0 Å². The number of likely N-dealkylation sites (tertiary alicyclic amines) is 1. The Morgan fingerprint density at radius 1 is 1.26 bits per heavy atom. The molecule has 2 saturated heterocycles. The maximum Gasteiger partial charge on any atom is 0.141 e. The first-order valence-corrected chi connectivity index (χ1v) is 7.03. The van der Waals surface area contributed by atoms with Gasteiger partial charge in [0.15, 0.2) is 0 Å². The third-order valence-electron chi connectivity index (χ3n) is 4.21. The summed E-state index contributed by atoms with van der Waals surface area (Å²) in [5.74, 6) is 0.0305. The van der Waals surface area contributed by atoms with Crippen LogP contribution in [-0.4, -0.2) is 47.9 Å². The summed E-state index contributed by atoms with van der Waals surface area (Å²) in [7, 11) is 0. The molecule has 0 spiro atoms. The molecule has 19 heavy (non-hydrogen) atoms. The molecule has 3 rings (SSSR count). The number of pyridine rings is 1. The van der Waals surface area contributed by atoms with E-state index < -0.39 is 0 Å². The van der Waals surface area contributed by atoms with Gasteiger partial charge in [-0.2, -0.15) is 0 Å². The molecule has 1 aromatic rings. The van der Waals surface area contributed by atoms with Crippen molar-refractivity contribution in [3.63, 3.8) is 0 Å². The Morgan fingerprint density at radius 2 is 2.05 bits per heavy atom. The molecule has 0 radical (unpaired) electrons. The van der Waals surface area contributed by atoms with Gasteiger partial charge in [0.25, 0.3) is 0 Å². The van der Waals surface area contributed by atoms with Crippen molar-refractivity contribution in [2.75, 3.05) is 31.1 Å². The Balaban J connectivity index is 1.65. The number of rotatable bonds is 3. The zero-order valence-electron chi connectivity index (χ0n) is 11.2. The summed E-state index contributed by atoms with van der Waals surface area (Å²) in [6.45, 7) is 4.73. The van der Waals surface area contributed by atoms with Gasteiger partial charge in [0, 0.05) is 19.1 Å². The van der Waals surface area contributed by atoms with Crippen molar-refractivity contribution in [1.82, 2.24) is 9.88 Å². The molecule has 0 amide bonds. The van der Waals surface area contributed by atoms with Crippen LogP contribution in [0.25, 0.3) is 0 Å². The van der Waals surface area contributed by atoms with E-state index in [2.05, 4.69) is 14.8 Å². The lowest BCUT2D eigenvalue weighted by Crippen LogP contribution is -2.35. The van der Waals surface area contributed by atoms with Crippen LogP contribution in [-0.2, 0) is 0 Å². The van der Waals surface area contributed by atoms with Crippen LogP contribution in [0.2, 0.25) is 0 Å². The first-order chi connectivity index (χ1) is 9.24. The normalized spacial score (nSPS) is 24.0. The smallest absolute Gasteiger partial charge is 0.141 e. The maximum atomic E-state index is 7.36. The maximum absolute atomic E-state index is 7.36. The molecule has 1 atom stereocenters. The minimum atomic E-state index is 0.0305. The monoisotopic (exact) mass is 259 g/mol. The molecule has 2 aliphatic rings. The zero-order chi connectivity index (χ0) is 13.2. The number of nitrogens with two attached hydrogens (primary N) is 1. The molecule has 0 saturated carbocycles. The zero-order valence-corrected chi connectivity index (χ0v) is 11.2. The number of nitrogens with zero attached hydrogens (tertiary/aromatic N) is 3. The highest BCUT2D eigenvalue weighted by molar-refractivity contribution is 5.93. The number of aromatic nitrogens is 1. The van der Waals surface area contributed by atoms with Gasteiger partial charge in [-0.3, -0.25) is 15.3 Å². The molecular formula is C14H21N5. The Morgan fingerprint density at radius 3 is 2.68 bits per heavy atom. The first kappa shape index (κ1) is 12.4. The van der Waals surface area contributed by atoms with E-state index >= 15 is 0 Å². The van der Waals surface area contributed by atoms with Gasteiger partial charge in [-0.15, -0.1) is 0 Å². The first-order valence-electron chi connectivity index (χ1n) is 7.03. The lowest BCUT2D eigenvalue weighted by molar-refractivity contribution is 0.260. The van der Waals surface area contributed by atoms with Crippen molar-refractivity contribution in [2.24, 2.45) is 5.73 Å². The Hall–Kier alpha value is -1.62. The quantitative estimate of drug-likeness (QED) is 0.628. The Bertz CT molecular complexity index is 449. The van der Waals surface area contributed by atoms with E-state index in [1.54, 1.807) is 0 Å². The van der Waals surface area contributed by atoms with Crippen LogP contribution >= 0.6 is 0 Å². The summed E-state index contributed by atoms with van der Waals surface area (Å²) in [5.41, 5.74) is 7.12. The largest absolute Gasteiger partial charge is 0.382 e. The summed E-state index contributed by atoms with van der Waals surface area (Å²) < 4.78 is 0. The summed E-state index contributed by atoms with van der Waals surface area (Å²) >= 11 is 0. The summed E-state index contributed by atoms with van der Waals surface area (Å²) in [6.07, 6.45) is 5.79. The molecule has 0 bridgehead atoms. The third kappa shape index (κ3) is 2.56. The summed E-state index contributed by atoms with van der Waals surface area (Å²) in [5, 5.41) is 7.36. The Labute approximate surface area is 113 Å². The minimum Gasteiger partial charge on any atom is -0.382 e. The van der Waals surface area contributed by atoms with Gasteiger partial charge in [-0.25, -0.2) is 0 Å². The molecule has 0 aliphatic carbocycles. The number of nitrogens with one attached hydrogen (secondary N) is 1. The van der Waals surface area contributed by atoms with Crippen LogP contribution in [0.15, 0.2) is 18.3 Å². The van der Waals surface area contributed by atoms with Crippen LogP contribution in [0.4, 0.5) is 5.69 Å². The standard InChI is InChI=1S/C14H21N5/c15-14(16)13-4-3-11(9-17-13)19-8-5-12(10-19)18-6-1-2-7-18/h3-4,9,12H,1-2,5-8,10H2,(H3,15,16). The molecule has 102 valence electrons. The van der Waals surface area contributed by atoms with E-state index in [0.29, 0.717) is 11.7 Å². The Kier molecular flexibility index (Phi) is 3.38. The molecule has 1 aromatic heterocycles. The number of amidine groups is 1. The molecule has 2 aliphatic heterocycles. The lowest BCUT2D eigenvalue weighted by atomic mass is 10.2. The number of nitrogen functional groups attached to an aromatic ring is 1. The predicted octanol–water partition coefficient (Wildman–Crippen LogP) is 1.04. The molecule has 1 unspecified atom stereocenters. The minimum absolute atomic E-state index is 0.0305. The van der Waals surface area contributed by atoms with Crippen molar-refractivity contribution in [3.8, 4) is 0 Å². The highest BCUT2D eigenvalue weighted by Crippen LogP contribution is 2.24. The van der Waals surface area contributed by atoms with Crippen molar-refractivity contribution in [1.29, 1.82) is 5.41 Å². The highest BCUT2D eigenvalue weighted by Gasteiger charge is 2.29. The number of anilines is 1. The highest BCUT2D eigenvalue weighted by atomic mass is 15.3. The van der Waals surface area contributed by atoms with Crippen molar-refractivity contribution < 1.29 is 0 Å². The lowest BCUT2D eigenvalue weighted by Gasteiger charge is -2.24. The third-order valence-corrected chi connectivity index (χ3v) is 4.21. The molecule has 2 fully saturated rings. The fourth-order valence-corrected chi connectivity index (χ4v) is 3.11. The van der Waals surface area contributed by atoms with E-state index in [-0.39, 0.29) is 5.84 Å². The molecular weight excluding hydrogens is 238 g/mol. The predicted molar refractivity (Wildman–Crippen MR) is 76.7 cm³/mol. The van der Waals surface area contributed by atoms with Crippen molar-refractivity contribution >= 4 is 11.5 Å². The average Bonchev–Trinajstić information content (AvgIpc) is 3.10. The second-order valence-corrected chi connectivity index (χ2v) is 5.45. The molecule has 5 nitrogen and oxygen atoms in total. The van der Waals surface area contributed by atoms with Crippen LogP contribution < -0.4 is 10.6 Å². The second-order valence-electron chi connectivity index (χ2n) is 5.45. The van der Waals surface area contributed by atoms with Crippen LogP contribution in [0.3, 0.4) is 0 Å². The van der Waals surface area contributed by atoms with E-state index in [0.717, 1.165) is 18.8 Å². The fraction of sp³-hybridized carbons (Fsp3) is 0.571. The second kappa shape index (κ2) is 5.17. The molecule has 3 heterocycles. The number of hydrogen-bond acceptors (Lipinski definition) is 4. The SMILES string of the molecule is N=C(N)c1ccc(N2CCC(N3CCCC3)C2)cn1. The van der Waals surface area contributed by atoms with Gasteiger partial charge in [-0.05, 0) is 44.5 Å². The summed E-state index contributed by atoms with van der Waals surface area (Å²) in [4.78, 5) is 9.25. The van der Waals surface area contributed by atoms with Crippen LogP contribution in [0.1, 0.15) is 25.0 Å². The van der Waals surface area contributed by atoms with E-state index in [4.69, 9.17) is 11.1 Å². The van der Waals surface area contributed by atoms with Gasteiger partial charge < -0.3 is 10.6 Å². The van der Waals surface area contributed by atoms with Gasteiger partial charge in [-0.1, -0.05) is 0 Å². The van der Waals surface area contributed by atoms with Crippen molar-refractivity contribution in [2.45, 2.75) is 25.3 Å². The van der Waals surface area contributed by atoms with Gasteiger partial charge >= 0.3 is 0 Å². The molecule has 0 aromatic carbocycles.